The highest BCUT2D eigenvalue weighted by Gasteiger charge is 2.11. The number of benzene rings is 1. The van der Waals surface area contributed by atoms with Crippen molar-refractivity contribution in [2.75, 3.05) is 12.4 Å². The van der Waals surface area contributed by atoms with Crippen LogP contribution in [0, 0.1) is 11.6 Å². The van der Waals surface area contributed by atoms with E-state index in [4.69, 9.17) is 0 Å². The van der Waals surface area contributed by atoms with E-state index in [1.165, 1.54) is 18.2 Å². The Balaban J connectivity index is 2.07. The quantitative estimate of drug-likeness (QED) is 0.813. The van der Waals surface area contributed by atoms with Crippen LogP contribution in [0.1, 0.15) is 30.3 Å². The number of nitrogens with zero attached hydrogens (tertiary/aromatic N) is 3. The molecule has 0 radical (unpaired) electrons. The van der Waals surface area contributed by atoms with Crippen molar-refractivity contribution >= 4 is 35.8 Å². The Labute approximate surface area is 172 Å². The van der Waals surface area contributed by atoms with Crippen molar-refractivity contribution < 1.29 is 13.2 Å². The summed E-state index contributed by atoms with van der Waals surface area (Å²) < 4.78 is 40.6. The first-order valence-corrected chi connectivity index (χ1v) is 9.41. The topological polar surface area (TPSA) is 50.2 Å². The minimum absolute atomic E-state index is 0.0239. The van der Waals surface area contributed by atoms with Gasteiger partial charge in [-0.15, -0.1) is 0 Å². The monoisotopic (exact) mass is 410 g/mol. The molecule has 0 amide bonds. The maximum atomic E-state index is 14.1. The second-order valence-electron chi connectivity index (χ2n) is 6.39. The number of allylic oxidation sites excluding steroid dienone is 4. The van der Waals surface area contributed by atoms with E-state index in [0.717, 1.165) is 10.8 Å². The number of hydrogen-bond acceptors (Lipinski definition) is 4. The molecular weight excluding hydrogens is 389 g/mol. The minimum Gasteiger partial charge on any atom is -0.373 e. The number of aromatic nitrogens is 2. The Morgan fingerprint density at radius 3 is 2.73 bits per heavy atom. The van der Waals surface area contributed by atoms with Gasteiger partial charge in [-0.05, 0) is 19.4 Å². The highest BCUT2D eigenvalue weighted by Crippen LogP contribution is 2.18. The third-order valence-corrected chi connectivity index (χ3v) is 4.50. The zero-order chi connectivity index (χ0) is 21.5. The largest absolute Gasteiger partial charge is 0.373 e. The molecule has 1 aromatic carbocycles. The van der Waals surface area contributed by atoms with Gasteiger partial charge in [0.1, 0.15) is 12.5 Å². The van der Waals surface area contributed by atoms with E-state index in [0.29, 0.717) is 23.4 Å². The van der Waals surface area contributed by atoms with Gasteiger partial charge in [0.25, 0.3) is 0 Å². The third-order valence-electron chi connectivity index (χ3n) is 4.50. The Hall–Kier alpha value is -3.48. The van der Waals surface area contributed by atoms with Gasteiger partial charge in [-0.1, -0.05) is 42.5 Å². The summed E-state index contributed by atoms with van der Waals surface area (Å²) in [5, 5.41) is 4.44. The van der Waals surface area contributed by atoms with Crippen molar-refractivity contribution in [3.63, 3.8) is 0 Å². The first-order chi connectivity index (χ1) is 14.6. The van der Waals surface area contributed by atoms with Crippen molar-refractivity contribution in [3.05, 3.63) is 75.7 Å². The van der Waals surface area contributed by atoms with E-state index in [-0.39, 0.29) is 11.1 Å². The summed E-state index contributed by atoms with van der Waals surface area (Å²) in [5.41, 5.74) is 0.506. The highest BCUT2D eigenvalue weighted by atomic mass is 19.2. The molecule has 0 bridgehead atoms. The second kappa shape index (κ2) is 9.82. The molecule has 30 heavy (non-hydrogen) atoms. The maximum Gasteiger partial charge on any atom is 0.166 e. The Bertz CT molecular complexity index is 1180. The van der Waals surface area contributed by atoms with Gasteiger partial charge in [-0.25, -0.2) is 23.1 Å². The molecule has 0 atom stereocenters. The molecule has 7 heteroatoms. The smallest absolute Gasteiger partial charge is 0.166 e. The predicted molar refractivity (Wildman–Crippen MR) is 116 cm³/mol. The standard InChI is InChI=1S/C23H21F3N4/c1-3-18-19(9-6-8-15-10-11-16(13-24)21(26)20(15)25)29-22(30-23(18)27-2)17-7-4-5-12-28-14-17/h3,5-12,14H,4,13H2,1-2H3,(H,27,29,30)/b8-6+,18-3+,19-9+. The van der Waals surface area contributed by atoms with Crippen molar-refractivity contribution in [1.82, 2.24) is 9.97 Å². The number of aliphatic imine (C=N–C) groups is 1. The Morgan fingerprint density at radius 1 is 1.17 bits per heavy atom. The number of hydrogen-bond donors (Lipinski definition) is 1. The van der Waals surface area contributed by atoms with Crippen molar-refractivity contribution in [3.8, 4) is 0 Å². The molecule has 0 saturated carbocycles. The number of rotatable bonds is 5. The van der Waals surface area contributed by atoms with Crippen molar-refractivity contribution in [2.45, 2.75) is 20.0 Å². The van der Waals surface area contributed by atoms with Gasteiger partial charge in [-0.3, -0.25) is 4.99 Å². The summed E-state index contributed by atoms with van der Waals surface area (Å²) in [6.07, 6.45) is 14.6. The highest BCUT2D eigenvalue weighted by molar-refractivity contribution is 6.08. The fourth-order valence-corrected chi connectivity index (χ4v) is 2.94. The summed E-state index contributed by atoms with van der Waals surface area (Å²) >= 11 is 0. The lowest BCUT2D eigenvalue weighted by Crippen LogP contribution is -2.33. The van der Waals surface area contributed by atoms with Crippen molar-refractivity contribution in [1.29, 1.82) is 0 Å². The average molecular weight is 410 g/mol. The lowest BCUT2D eigenvalue weighted by molar-refractivity contribution is 0.440. The molecule has 0 aliphatic carbocycles. The van der Waals surface area contributed by atoms with Gasteiger partial charge in [0.05, 0.1) is 5.35 Å². The number of halogens is 3. The molecule has 0 unspecified atom stereocenters. The summed E-state index contributed by atoms with van der Waals surface area (Å²) in [6, 6.07) is 2.58. The summed E-state index contributed by atoms with van der Waals surface area (Å²) in [7, 11) is 1.76. The van der Waals surface area contributed by atoms with Gasteiger partial charge in [0.2, 0.25) is 0 Å². The summed E-state index contributed by atoms with van der Waals surface area (Å²) in [5.74, 6) is -1.11. The van der Waals surface area contributed by atoms with E-state index < -0.39 is 18.3 Å². The first kappa shape index (κ1) is 21.2. The molecule has 0 fully saturated rings. The minimum atomic E-state index is -1.17. The number of alkyl halides is 1. The average Bonchev–Trinajstić information content (AvgIpc) is 3.05. The normalized spacial score (nSPS) is 15.0. The SMILES string of the molecule is C/C=c1/c(NC)nc(C2=CCC=CN=C2)n/c1=C/C=C/c1ccc(CF)c(F)c1F. The Kier molecular flexibility index (Phi) is 6.95. The third kappa shape index (κ3) is 4.56. The molecule has 3 rings (SSSR count). The van der Waals surface area contributed by atoms with Gasteiger partial charge in [-0.2, -0.15) is 0 Å². The van der Waals surface area contributed by atoms with E-state index in [1.807, 2.05) is 25.2 Å². The molecule has 1 aromatic heterocycles. The molecule has 154 valence electrons. The second-order valence-corrected chi connectivity index (χ2v) is 6.39. The molecule has 2 heterocycles. The van der Waals surface area contributed by atoms with Gasteiger partial charge in [0.15, 0.2) is 17.5 Å². The van der Waals surface area contributed by atoms with Crippen molar-refractivity contribution in [2.24, 2.45) is 4.99 Å². The van der Waals surface area contributed by atoms with Crippen LogP contribution in [0.25, 0.3) is 23.8 Å². The zero-order valence-corrected chi connectivity index (χ0v) is 16.7. The van der Waals surface area contributed by atoms with Gasteiger partial charge >= 0.3 is 0 Å². The van der Waals surface area contributed by atoms with Crippen LogP contribution in [0.3, 0.4) is 0 Å². The van der Waals surface area contributed by atoms with E-state index in [2.05, 4.69) is 20.3 Å². The van der Waals surface area contributed by atoms with Crippen LogP contribution in [0.2, 0.25) is 0 Å². The van der Waals surface area contributed by atoms with Gasteiger partial charge < -0.3 is 5.32 Å². The van der Waals surface area contributed by atoms with Crippen LogP contribution in [0.15, 0.2) is 41.6 Å². The van der Waals surface area contributed by atoms with Crippen LogP contribution in [0.4, 0.5) is 19.0 Å². The molecule has 4 nitrogen and oxygen atoms in total. The van der Waals surface area contributed by atoms with Crippen LogP contribution in [-0.2, 0) is 6.67 Å². The predicted octanol–water partition coefficient (Wildman–Crippen LogP) is 3.93. The van der Waals surface area contributed by atoms with E-state index >= 15 is 0 Å². The Morgan fingerprint density at radius 2 is 2.00 bits per heavy atom. The van der Waals surface area contributed by atoms with Crippen LogP contribution in [-0.4, -0.2) is 23.2 Å². The number of nitrogens with one attached hydrogen (secondary N) is 1. The lowest BCUT2D eigenvalue weighted by atomic mass is 10.1. The van der Waals surface area contributed by atoms with Crippen LogP contribution in [0.5, 0.6) is 0 Å². The molecule has 0 saturated heterocycles. The lowest BCUT2D eigenvalue weighted by Gasteiger charge is -2.06. The van der Waals surface area contributed by atoms with Crippen LogP contribution >= 0.6 is 0 Å². The zero-order valence-electron chi connectivity index (χ0n) is 16.7. The summed E-state index contributed by atoms with van der Waals surface area (Å²) in [6.45, 7) is 0.807. The van der Waals surface area contributed by atoms with Gasteiger partial charge in [0, 0.05) is 41.4 Å². The molecular formula is C23H21F3N4. The molecule has 1 aliphatic rings. The summed E-state index contributed by atoms with van der Waals surface area (Å²) in [4.78, 5) is 13.4. The maximum absolute atomic E-state index is 14.1. The number of anilines is 1. The first-order valence-electron chi connectivity index (χ1n) is 9.41. The molecule has 1 N–H and O–H groups in total. The molecule has 1 aliphatic heterocycles. The molecule has 2 aromatic rings. The fourth-order valence-electron chi connectivity index (χ4n) is 2.94. The van der Waals surface area contributed by atoms with Crippen LogP contribution < -0.4 is 15.9 Å². The molecule has 0 spiro atoms. The van der Waals surface area contributed by atoms with E-state index in [9.17, 15) is 13.2 Å². The van der Waals surface area contributed by atoms with E-state index in [1.54, 1.807) is 31.6 Å². The fraction of sp³-hybridized carbons (Fsp3) is 0.174.